The van der Waals surface area contributed by atoms with Crippen molar-refractivity contribution in [3.8, 4) is 0 Å². The number of benzene rings is 1. The van der Waals surface area contributed by atoms with Gasteiger partial charge in [-0.2, -0.15) is 0 Å². The number of nitrogens with one attached hydrogen (secondary N) is 2. The normalized spacial score (nSPS) is 22.9. The third kappa shape index (κ3) is 3.56. The van der Waals surface area contributed by atoms with Gasteiger partial charge >= 0.3 is 0 Å². The Morgan fingerprint density at radius 1 is 1.38 bits per heavy atom. The van der Waals surface area contributed by atoms with Gasteiger partial charge in [-0.3, -0.25) is 10.1 Å². The summed E-state index contributed by atoms with van der Waals surface area (Å²) in [6.45, 7) is 0.808. The Labute approximate surface area is 122 Å². The van der Waals surface area contributed by atoms with Crippen LogP contribution in [-0.4, -0.2) is 43.7 Å². The number of nitrogens with zero attached hydrogens (tertiary/aromatic N) is 1. The summed E-state index contributed by atoms with van der Waals surface area (Å²) in [5.74, 6) is 0. The van der Waals surface area contributed by atoms with Crippen LogP contribution >= 0.6 is 0 Å². The van der Waals surface area contributed by atoms with Crippen LogP contribution < -0.4 is 10.0 Å². The van der Waals surface area contributed by atoms with E-state index in [0.29, 0.717) is 13.0 Å². The standard InChI is InChI=1S/C12H17N3O5S/c16-9-12(6-1-7-13-8-12)14-21(19,20)11-4-2-10(3-5-11)15(17)18/h2-5,13-14,16H,1,6-9H2. The molecule has 1 aromatic carbocycles. The summed E-state index contributed by atoms with van der Waals surface area (Å²) in [5, 5.41) is 23.1. The maximum atomic E-state index is 12.3. The van der Waals surface area contributed by atoms with Crippen LogP contribution in [0.15, 0.2) is 29.2 Å². The fourth-order valence-electron chi connectivity index (χ4n) is 2.31. The van der Waals surface area contributed by atoms with Crippen LogP contribution in [0.1, 0.15) is 12.8 Å². The maximum absolute atomic E-state index is 12.3. The Bertz CT molecular complexity index is 608. The first-order chi connectivity index (χ1) is 9.88. The minimum atomic E-state index is -3.85. The molecule has 3 N–H and O–H groups in total. The molecule has 1 saturated heterocycles. The van der Waals surface area contributed by atoms with E-state index in [1.807, 2.05) is 0 Å². The summed E-state index contributed by atoms with van der Waals surface area (Å²) >= 11 is 0. The number of sulfonamides is 1. The molecule has 9 heteroatoms. The fourth-order valence-corrected chi connectivity index (χ4v) is 3.73. The smallest absolute Gasteiger partial charge is 0.269 e. The lowest BCUT2D eigenvalue weighted by Gasteiger charge is -2.36. The molecule has 8 nitrogen and oxygen atoms in total. The van der Waals surface area contributed by atoms with Crippen molar-refractivity contribution in [1.82, 2.24) is 10.0 Å². The molecule has 1 unspecified atom stereocenters. The van der Waals surface area contributed by atoms with E-state index in [1.54, 1.807) is 0 Å². The van der Waals surface area contributed by atoms with E-state index in [9.17, 15) is 23.6 Å². The minimum Gasteiger partial charge on any atom is -0.394 e. The molecule has 0 aromatic heterocycles. The molecule has 2 rings (SSSR count). The molecule has 1 aromatic rings. The third-order valence-electron chi connectivity index (χ3n) is 3.48. The van der Waals surface area contributed by atoms with Crippen LogP contribution in [0.4, 0.5) is 5.69 Å². The minimum absolute atomic E-state index is 0.0634. The lowest BCUT2D eigenvalue weighted by molar-refractivity contribution is -0.384. The second-order valence-corrected chi connectivity index (χ2v) is 6.76. The number of nitro benzene ring substituents is 1. The van der Waals surface area contributed by atoms with Crippen molar-refractivity contribution in [2.24, 2.45) is 0 Å². The average Bonchev–Trinajstić information content (AvgIpc) is 2.48. The molecule has 0 radical (unpaired) electrons. The summed E-state index contributed by atoms with van der Waals surface area (Å²) in [6.07, 6.45) is 1.28. The number of rotatable bonds is 5. The zero-order valence-electron chi connectivity index (χ0n) is 11.3. The van der Waals surface area contributed by atoms with E-state index in [4.69, 9.17) is 0 Å². The molecule has 0 spiro atoms. The van der Waals surface area contributed by atoms with Gasteiger partial charge in [0.1, 0.15) is 0 Å². The van der Waals surface area contributed by atoms with Crippen molar-refractivity contribution in [3.05, 3.63) is 34.4 Å². The molecule has 1 atom stereocenters. The third-order valence-corrected chi connectivity index (χ3v) is 5.08. The van der Waals surface area contributed by atoms with E-state index >= 15 is 0 Å². The van der Waals surface area contributed by atoms with Gasteiger partial charge in [0.05, 0.1) is 22.0 Å². The molecule has 0 aliphatic carbocycles. The van der Waals surface area contributed by atoms with Crippen LogP contribution in [0.2, 0.25) is 0 Å². The highest BCUT2D eigenvalue weighted by molar-refractivity contribution is 7.89. The Morgan fingerprint density at radius 3 is 2.52 bits per heavy atom. The van der Waals surface area contributed by atoms with Crippen LogP contribution in [0.25, 0.3) is 0 Å². The zero-order chi connectivity index (χ0) is 15.5. The van der Waals surface area contributed by atoms with Gasteiger partial charge in [0, 0.05) is 18.7 Å². The van der Waals surface area contributed by atoms with E-state index < -0.39 is 20.5 Å². The molecule has 116 valence electrons. The molecule has 1 aliphatic rings. The summed E-state index contributed by atoms with van der Waals surface area (Å²) in [6, 6.07) is 4.64. The number of hydrogen-bond donors (Lipinski definition) is 3. The van der Waals surface area contributed by atoms with Crippen molar-refractivity contribution in [2.75, 3.05) is 19.7 Å². The second kappa shape index (κ2) is 6.06. The quantitative estimate of drug-likeness (QED) is 0.519. The summed E-state index contributed by atoms with van der Waals surface area (Å²) in [7, 11) is -3.85. The highest BCUT2D eigenvalue weighted by atomic mass is 32.2. The molecule has 0 bridgehead atoms. The van der Waals surface area contributed by atoms with Gasteiger partial charge in [-0.05, 0) is 31.5 Å². The first kappa shape index (κ1) is 15.8. The summed E-state index contributed by atoms with van der Waals surface area (Å²) in [4.78, 5) is 9.92. The van der Waals surface area contributed by atoms with Gasteiger partial charge in [-0.1, -0.05) is 0 Å². The van der Waals surface area contributed by atoms with E-state index in [-0.39, 0.29) is 17.2 Å². The van der Waals surface area contributed by atoms with Crippen molar-refractivity contribution in [1.29, 1.82) is 0 Å². The molecule has 1 aliphatic heterocycles. The molecule has 0 saturated carbocycles. The van der Waals surface area contributed by atoms with Crippen LogP contribution in [0.3, 0.4) is 0 Å². The molecule has 21 heavy (non-hydrogen) atoms. The number of non-ortho nitro benzene ring substituents is 1. The predicted octanol–water partition coefficient (Wildman–Crippen LogP) is -0.0124. The van der Waals surface area contributed by atoms with Gasteiger partial charge < -0.3 is 10.4 Å². The van der Waals surface area contributed by atoms with Gasteiger partial charge in [0.15, 0.2) is 0 Å². The van der Waals surface area contributed by atoms with E-state index in [1.165, 1.54) is 12.1 Å². The number of aliphatic hydroxyl groups is 1. The van der Waals surface area contributed by atoms with Crippen LogP contribution in [-0.2, 0) is 10.0 Å². The second-order valence-electron chi connectivity index (χ2n) is 5.08. The first-order valence-electron chi connectivity index (χ1n) is 6.49. The maximum Gasteiger partial charge on any atom is 0.269 e. The monoisotopic (exact) mass is 315 g/mol. The summed E-state index contributed by atoms with van der Waals surface area (Å²) < 4.78 is 27.2. The highest BCUT2D eigenvalue weighted by Gasteiger charge is 2.36. The van der Waals surface area contributed by atoms with E-state index in [0.717, 1.165) is 25.1 Å². The van der Waals surface area contributed by atoms with Gasteiger partial charge in [0.25, 0.3) is 5.69 Å². The van der Waals surface area contributed by atoms with Gasteiger partial charge in [-0.15, -0.1) is 0 Å². The topological polar surface area (TPSA) is 122 Å². The van der Waals surface area contributed by atoms with Crippen molar-refractivity contribution in [3.63, 3.8) is 0 Å². The zero-order valence-corrected chi connectivity index (χ0v) is 12.1. The molecule has 1 fully saturated rings. The molecule has 0 amide bonds. The number of nitro groups is 1. The molecular weight excluding hydrogens is 298 g/mol. The number of piperidine rings is 1. The molecular formula is C12H17N3O5S. The van der Waals surface area contributed by atoms with Gasteiger partial charge in [0.2, 0.25) is 10.0 Å². The highest BCUT2D eigenvalue weighted by Crippen LogP contribution is 2.21. The van der Waals surface area contributed by atoms with E-state index in [2.05, 4.69) is 10.0 Å². The molecule has 1 heterocycles. The average molecular weight is 315 g/mol. The first-order valence-corrected chi connectivity index (χ1v) is 7.97. The Kier molecular flexibility index (Phi) is 4.57. The van der Waals surface area contributed by atoms with Crippen LogP contribution in [0.5, 0.6) is 0 Å². The van der Waals surface area contributed by atoms with Crippen molar-refractivity contribution in [2.45, 2.75) is 23.3 Å². The van der Waals surface area contributed by atoms with Crippen molar-refractivity contribution < 1.29 is 18.4 Å². The lowest BCUT2D eigenvalue weighted by atomic mass is 9.92. The largest absolute Gasteiger partial charge is 0.394 e. The van der Waals surface area contributed by atoms with Crippen LogP contribution in [0, 0.1) is 10.1 Å². The lowest BCUT2D eigenvalue weighted by Crippen LogP contribution is -2.59. The number of hydrogen-bond acceptors (Lipinski definition) is 6. The summed E-state index contributed by atoms with van der Waals surface area (Å²) in [5.41, 5.74) is -1.11. The Balaban J connectivity index is 2.22. The van der Waals surface area contributed by atoms with Gasteiger partial charge in [-0.25, -0.2) is 13.1 Å². The SMILES string of the molecule is O=[N+]([O-])c1ccc(S(=O)(=O)NC2(CO)CCCNC2)cc1. The number of aliphatic hydroxyl groups excluding tert-OH is 1. The Morgan fingerprint density at radius 2 is 2.05 bits per heavy atom. The Hall–Kier alpha value is -1.55. The van der Waals surface area contributed by atoms with Crippen molar-refractivity contribution >= 4 is 15.7 Å². The fraction of sp³-hybridized carbons (Fsp3) is 0.500. The predicted molar refractivity (Wildman–Crippen MR) is 75.3 cm³/mol.